The van der Waals surface area contributed by atoms with Crippen LogP contribution in [-0.4, -0.2) is 0 Å². The number of halogens is 2. The summed E-state index contributed by atoms with van der Waals surface area (Å²) in [7, 11) is 0. The van der Waals surface area contributed by atoms with Crippen LogP contribution in [0.4, 0.5) is 5.69 Å². The van der Waals surface area contributed by atoms with Crippen LogP contribution in [-0.2, 0) is 0 Å². The van der Waals surface area contributed by atoms with Gasteiger partial charge >= 0.3 is 0 Å². The van der Waals surface area contributed by atoms with E-state index in [4.69, 9.17) is 16.0 Å². The highest BCUT2D eigenvalue weighted by Crippen LogP contribution is 2.30. The highest BCUT2D eigenvalue weighted by molar-refractivity contribution is 9.10. The average molecular weight is 329 g/mol. The molecule has 2 aromatic rings. The molecule has 1 heterocycles. The second-order valence-electron chi connectivity index (χ2n) is 4.36. The van der Waals surface area contributed by atoms with Crippen molar-refractivity contribution in [3.05, 3.63) is 50.8 Å². The number of benzene rings is 1. The Morgan fingerprint density at radius 2 is 2.00 bits per heavy atom. The van der Waals surface area contributed by atoms with Crippen molar-refractivity contribution in [2.45, 2.75) is 26.8 Å². The van der Waals surface area contributed by atoms with Gasteiger partial charge in [-0.3, -0.25) is 0 Å². The van der Waals surface area contributed by atoms with E-state index in [9.17, 15) is 0 Å². The molecule has 1 aromatic carbocycles. The van der Waals surface area contributed by atoms with Crippen molar-refractivity contribution in [1.82, 2.24) is 0 Å². The van der Waals surface area contributed by atoms with Gasteiger partial charge in [0.2, 0.25) is 0 Å². The summed E-state index contributed by atoms with van der Waals surface area (Å²) in [5, 5.41) is 4.10. The largest absolute Gasteiger partial charge is 0.466 e. The molecule has 0 amide bonds. The van der Waals surface area contributed by atoms with Gasteiger partial charge < -0.3 is 9.73 Å². The summed E-state index contributed by atoms with van der Waals surface area (Å²) in [5.41, 5.74) is 2.08. The predicted octanol–water partition coefficient (Wildman–Crippen LogP) is 5.49. The minimum absolute atomic E-state index is 0.154. The molecule has 2 rings (SSSR count). The van der Waals surface area contributed by atoms with Gasteiger partial charge in [-0.1, -0.05) is 27.5 Å². The Kier molecular flexibility index (Phi) is 4.03. The van der Waals surface area contributed by atoms with Crippen LogP contribution in [0, 0.1) is 13.8 Å². The first-order chi connectivity index (χ1) is 8.47. The fourth-order valence-electron chi connectivity index (χ4n) is 2.00. The normalized spacial score (nSPS) is 12.5. The van der Waals surface area contributed by atoms with Gasteiger partial charge in [0.1, 0.15) is 11.5 Å². The van der Waals surface area contributed by atoms with Crippen molar-refractivity contribution >= 4 is 33.2 Å². The summed E-state index contributed by atoms with van der Waals surface area (Å²) >= 11 is 9.59. The Balaban J connectivity index is 2.21. The lowest BCUT2D eigenvalue weighted by atomic mass is 10.1. The SMILES string of the molecule is Cc1cc(C(C)Nc2ccc(Br)cc2Cl)c(C)o1. The van der Waals surface area contributed by atoms with E-state index in [0.29, 0.717) is 5.02 Å². The molecule has 0 saturated carbocycles. The number of anilines is 1. The van der Waals surface area contributed by atoms with Gasteiger partial charge in [0.05, 0.1) is 16.8 Å². The Morgan fingerprint density at radius 3 is 2.56 bits per heavy atom. The number of nitrogens with one attached hydrogen (secondary N) is 1. The Labute approximate surface area is 120 Å². The van der Waals surface area contributed by atoms with Crippen LogP contribution in [0.25, 0.3) is 0 Å². The zero-order chi connectivity index (χ0) is 13.3. The highest BCUT2D eigenvalue weighted by Gasteiger charge is 2.13. The van der Waals surface area contributed by atoms with E-state index in [-0.39, 0.29) is 6.04 Å². The van der Waals surface area contributed by atoms with Crippen LogP contribution in [0.3, 0.4) is 0 Å². The molecule has 0 bridgehead atoms. The highest BCUT2D eigenvalue weighted by atomic mass is 79.9. The molecule has 0 radical (unpaired) electrons. The summed E-state index contributed by atoms with van der Waals surface area (Å²) in [4.78, 5) is 0. The Morgan fingerprint density at radius 1 is 1.28 bits per heavy atom. The molecular formula is C14H15BrClNO. The third kappa shape index (κ3) is 2.90. The minimum atomic E-state index is 0.154. The molecule has 96 valence electrons. The lowest BCUT2D eigenvalue weighted by Gasteiger charge is -2.16. The Bertz CT molecular complexity index is 565. The minimum Gasteiger partial charge on any atom is -0.466 e. The first-order valence-electron chi connectivity index (χ1n) is 5.76. The van der Waals surface area contributed by atoms with Gasteiger partial charge in [0, 0.05) is 10.0 Å². The van der Waals surface area contributed by atoms with E-state index < -0.39 is 0 Å². The van der Waals surface area contributed by atoms with Crippen molar-refractivity contribution in [3.63, 3.8) is 0 Å². The second kappa shape index (κ2) is 5.37. The van der Waals surface area contributed by atoms with Crippen molar-refractivity contribution in [2.75, 3.05) is 5.32 Å². The first-order valence-corrected chi connectivity index (χ1v) is 6.93. The molecule has 2 nitrogen and oxygen atoms in total. The fraction of sp³-hybridized carbons (Fsp3) is 0.286. The van der Waals surface area contributed by atoms with E-state index in [2.05, 4.69) is 34.2 Å². The molecule has 1 N–H and O–H groups in total. The van der Waals surface area contributed by atoms with Gasteiger partial charge in [-0.05, 0) is 45.0 Å². The smallest absolute Gasteiger partial charge is 0.106 e. The standard InChI is InChI=1S/C14H15BrClNO/c1-8-6-12(10(3)18-8)9(2)17-14-5-4-11(15)7-13(14)16/h4-7,9,17H,1-3H3. The van der Waals surface area contributed by atoms with Crippen molar-refractivity contribution in [2.24, 2.45) is 0 Å². The summed E-state index contributed by atoms with van der Waals surface area (Å²) in [6, 6.07) is 8.02. The van der Waals surface area contributed by atoms with E-state index in [1.165, 1.54) is 0 Å². The van der Waals surface area contributed by atoms with Crippen molar-refractivity contribution in [1.29, 1.82) is 0 Å². The summed E-state index contributed by atoms with van der Waals surface area (Å²) in [5.74, 6) is 1.87. The summed E-state index contributed by atoms with van der Waals surface area (Å²) in [6.45, 7) is 6.02. The van der Waals surface area contributed by atoms with Gasteiger partial charge in [-0.15, -0.1) is 0 Å². The maximum absolute atomic E-state index is 6.19. The molecule has 0 aliphatic rings. The van der Waals surface area contributed by atoms with E-state index in [1.54, 1.807) is 0 Å². The maximum Gasteiger partial charge on any atom is 0.106 e. The lowest BCUT2D eigenvalue weighted by Crippen LogP contribution is -2.07. The fourth-order valence-corrected chi connectivity index (χ4v) is 2.73. The zero-order valence-corrected chi connectivity index (χ0v) is 12.9. The molecule has 18 heavy (non-hydrogen) atoms. The average Bonchev–Trinajstić information content (AvgIpc) is 2.62. The summed E-state index contributed by atoms with van der Waals surface area (Å²) < 4.78 is 6.52. The predicted molar refractivity (Wildman–Crippen MR) is 79.4 cm³/mol. The second-order valence-corrected chi connectivity index (χ2v) is 5.68. The molecule has 4 heteroatoms. The number of aryl methyl sites for hydroxylation is 2. The van der Waals surface area contributed by atoms with E-state index in [1.807, 2.05) is 32.0 Å². The maximum atomic E-state index is 6.19. The molecule has 0 spiro atoms. The monoisotopic (exact) mass is 327 g/mol. The molecule has 1 atom stereocenters. The molecule has 1 unspecified atom stereocenters. The Hall–Kier alpha value is -0.930. The topological polar surface area (TPSA) is 25.2 Å². The van der Waals surface area contributed by atoms with Crippen LogP contribution in [0.15, 0.2) is 33.2 Å². The third-order valence-corrected chi connectivity index (χ3v) is 3.65. The van der Waals surface area contributed by atoms with E-state index >= 15 is 0 Å². The molecule has 1 aromatic heterocycles. The van der Waals surface area contributed by atoms with Crippen LogP contribution in [0.2, 0.25) is 5.02 Å². The zero-order valence-electron chi connectivity index (χ0n) is 10.6. The van der Waals surface area contributed by atoms with Crippen LogP contribution in [0.5, 0.6) is 0 Å². The third-order valence-electron chi connectivity index (χ3n) is 2.85. The quantitative estimate of drug-likeness (QED) is 0.806. The van der Waals surface area contributed by atoms with Crippen molar-refractivity contribution < 1.29 is 4.42 Å². The number of furan rings is 1. The molecule has 0 aliphatic carbocycles. The van der Waals surface area contributed by atoms with Crippen LogP contribution < -0.4 is 5.32 Å². The molecule has 0 aliphatic heterocycles. The number of hydrogen-bond acceptors (Lipinski definition) is 2. The summed E-state index contributed by atoms with van der Waals surface area (Å²) in [6.07, 6.45) is 0. The van der Waals surface area contributed by atoms with Gasteiger partial charge in [0.25, 0.3) is 0 Å². The van der Waals surface area contributed by atoms with Crippen molar-refractivity contribution in [3.8, 4) is 0 Å². The van der Waals surface area contributed by atoms with Gasteiger partial charge in [0.15, 0.2) is 0 Å². The first kappa shape index (κ1) is 13.5. The number of rotatable bonds is 3. The van der Waals surface area contributed by atoms with E-state index in [0.717, 1.165) is 27.2 Å². The lowest BCUT2D eigenvalue weighted by molar-refractivity contribution is 0.500. The molecular weight excluding hydrogens is 314 g/mol. The van der Waals surface area contributed by atoms with Crippen LogP contribution >= 0.6 is 27.5 Å². The molecule has 0 saturated heterocycles. The molecule has 0 fully saturated rings. The number of hydrogen-bond donors (Lipinski definition) is 1. The van der Waals surface area contributed by atoms with Gasteiger partial charge in [-0.2, -0.15) is 0 Å². The van der Waals surface area contributed by atoms with Gasteiger partial charge in [-0.25, -0.2) is 0 Å². The van der Waals surface area contributed by atoms with Crippen LogP contribution in [0.1, 0.15) is 30.0 Å².